The van der Waals surface area contributed by atoms with E-state index >= 15 is 0 Å². The van der Waals surface area contributed by atoms with Gasteiger partial charge in [0.2, 0.25) is 0 Å². The number of aromatic nitrogens is 2. The Morgan fingerprint density at radius 1 is 1.14 bits per heavy atom. The van der Waals surface area contributed by atoms with E-state index in [4.69, 9.17) is 9.47 Å². The number of fused-ring (bicyclic) bond motifs is 1. The Balaban J connectivity index is 1.36. The summed E-state index contributed by atoms with van der Waals surface area (Å²) in [6.45, 7) is 2.38. The summed E-state index contributed by atoms with van der Waals surface area (Å²) in [6, 6.07) is 12.5. The lowest BCUT2D eigenvalue weighted by molar-refractivity contribution is -0.384. The summed E-state index contributed by atoms with van der Waals surface area (Å²) >= 11 is 0. The predicted octanol–water partition coefficient (Wildman–Crippen LogP) is 3.45. The summed E-state index contributed by atoms with van der Waals surface area (Å²) < 4.78 is 13.1. The summed E-state index contributed by atoms with van der Waals surface area (Å²) in [5, 5.41) is 16.3. The van der Waals surface area contributed by atoms with E-state index in [1.807, 2.05) is 28.9 Å². The van der Waals surface area contributed by atoms with Gasteiger partial charge in [-0.15, -0.1) is 0 Å². The zero-order chi connectivity index (χ0) is 19.5. The van der Waals surface area contributed by atoms with Crippen molar-refractivity contribution in [1.82, 2.24) is 14.7 Å². The molecule has 0 spiro atoms. The smallest absolute Gasteiger partial charge is 0.271 e. The number of benzene rings is 2. The number of piperidine rings is 1. The minimum atomic E-state index is -0.376. The molecule has 3 aromatic rings. The van der Waals surface area contributed by atoms with Gasteiger partial charge in [-0.05, 0) is 43.2 Å². The number of hydrogen-bond donors (Lipinski definition) is 0. The molecule has 8 heteroatoms. The van der Waals surface area contributed by atoms with Crippen LogP contribution in [0, 0.1) is 10.1 Å². The fourth-order valence-electron chi connectivity index (χ4n) is 3.49. The zero-order valence-electron chi connectivity index (χ0n) is 15.7. The lowest BCUT2D eigenvalue weighted by atomic mass is 10.1. The third-order valence-electron chi connectivity index (χ3n) is 5.07. The van der Waals surface area contributed by atoms with E-state index < -0.39 is 0 Å². The van der Waals surface area contributed by atoms with Crippen LogP contribution >= 0.6 is 0 Å². The number of nitro groups is 1. The number of rotatable bonds is 6. The first kappa shape index (κ1) is 18.2. The van der Waals surface area contributed by atoms with Gasteiger partial charge in [-0.1, -0.05) is 0 Å². The van der Waals surface area contributed by atoms with E-state index in [-0.39, 0.29) is 16.7 Å². The molecule has 0 bridgehead atoms. The lowest BCUT2D eigenvalue weighted by Crippen LogP contribution is -2.39. The van der Waals surface area contributed by atoms with Crippen molar-refractivity contribution < 1.29 is 14.4 Å². The van der Waals surface area contributed by atoms with Crippen molar-refractivity contribution in [2.75, 3.05) is 20.2 Å². The molecule has 0 aliphatic carbocycles. The largest absolute Gasteiger partial charge is 0.497 e. The van der Waals surface area contributed by atoms with Crippen molar-refractivity contribution in [2.24, 2.45) is 0 Å². The molecule has 1 saturated heterocycles. The molecule has 2 heterocycles. The molecule has 0 N–H and O–H groups in total. The van der Waals surface area contributed by atoms with Gasteiger partial charge >= 0.3 is 0 Å². The van der Waals surface area contributed by atoms with Crippen molar-refractivity contribution in [2.45, 2.75) is 25.6 Å². The Bertz CT molecular complexity index is 962. The summed E-state index contributed by atoms with van der Waals surface area (Å²) in [5.74, 6) is 1.67. The second-order valence-electron chi connectivity index (χ2n) is 6.90. The molecule has 4 rings (SSSR count). The molecule has 0 saturated carbocycles. The average molecular weight is 382 g/mol. The number of hydrogen-bond acceptors (Lipinski definition) is 6. The van der Waals surface area contributed by atoms with E-state index in [0.29, 0.717) is 6.67 Å². The van der Waals surface area contributed by atoms with Crippen molar-refractivity contribution in [3.8, 4) is 11.5 Å². The van der Waals surface area contributed by atoms with Crippen LogP contribution in [0.25, 0.3) is 10.9 Å². The van der Waals surface area contributed by atoms with Gasteiger partial charge in [0.15, 0.2) is 0 Å². The fraction of sp³-hybridized carbons (Fsp3) is 0.350. The first-order valence-electron chi connectivity index (χ1n) is 9.25. The van der Waals surface area contributed by atoms with Gasteiger partial charge in [-0.25, -0.2) is 0 Å². The maximum atomic E-state index is 11.0. The molecule has 1 aromatic heterocycles. The van der Waals surface area contributed by atoms with Crippen LogP contribution in [0.1, 0.15) is 12.8 Å². The Morgan fingerprint density at radius 3 is 2.54 bits per heavy atom. The second-order valence-corrected chi connectivity index (χ2v) is 6.90. The maximum Gasteiger partial charge on any atom is 0.271 e. The predicted molar refractivity (Wildman–Crippen MR) is 105 cm³/mol. The van der Waals surface area contributed by atoms with Gasteiger partial charge in [0.1, 0.15) is 17.6 Å². The van der Waals surface area contributed by atoms with Gasteiger partial charge < -0.3 is 9.47 Å². The molecular weight excluding hydrogens is 360 g/mol. The lowest BCUT2D eigenvalue weighted by Gasteiger charge is -2.32. The normalized spacial score (nSPS) is 15.6. The monoisotopic (exact) mass is 382 g/mol. The molecule has 2 aromatic carbocycles. The SMILES string of the molecule is COc1ccc(OC2CCN(Cn3ncc4ccc([N+](=O)[O-])cc43)CC2)cc1. The average Bonchev–Trinajstić information content (AvgIpc) is 3.12. The van der Waals surface area contributed by atoms with Crippen LogP contribution < -0.4 is 9.47 Å². The van der Waals surface area contributed by atoms with Crippen molar-refractivity contribution >= 4 is 16.6 Å². The Labute approximate surface area is 162 Å². The highest BCUT2D eigenvalue weighted by Gasteiger charge is 2.21. The molecule has 146 valence electrons. The minimum absolute atomic E-state index is 0.0841. The molecule has 1 fully saturated rings. The first-order valence-corrected chi connectivity index (χ1v) is 9.25. The Morgan fingerprint density at radius 2 is 1.86 bits per heavy atom. The van der Waals surface area contributed by atoms with Gasteiger partial charge in [0.25, 0.3) is 5.69 Å². The number of methoxy groups -OCH3 is 1. The molecule has 0 atom stereocenters. The third kappa shape index (κ3) is 3.91. The van der Waals surface area contributed by atoms with Crippen molar-refractivity contribution in [1.29, 1.82) is 0 Å². The van der Waals surface area contributed by atoms with Gasteiger partial charge in [0, 0.05) is 30.6 Å². The molecule has 1 aliphatic rings. The standard InChI is InChI=1S/C20H22N4O4/c1-27-17-4-6-18(7-5-17)28-19-8-10-22(11-9-19)14-23-20-12-16(24(25)26)3-2-15(20)13-21-23/h2-7,12-13,19H,8-11,14H2,1H3. The number of likely N-dealkylation sites (tertiary alicyclic amines) is 1. The van der Waals surface area contributed by atoms with Gasteiger partial charge in [0.05, 0.1) is 30.4 Å². The van der Waals surface area contributed by atoms with E-state index in [0.717, 1.165) is 48.3 Å². The number of nitro benzene ring substituents is 1. The first-order chi connectivity index (χ1) is 13.6. The van der Waals surface area contributed by atoms with Crippen LogP contribution in [0.3, 0.4) is 0 Å². The summed E-state index contributed by atoms with van der Waals surface area (Å²) in [5.41, 5.74) is 0.867. The van der Waals surface area contributed by atoms with E-state index in [9.17, 15) is 10.1 Å². The molecule has 0 unspecified atom stereocenters. The molecule has 0 radical (unpaired) electrons. The fourth-order valence-corrected chi connectivity index (χ4v) is 3.49. The highest BCUT2D eigenvalue weighted by molar-refractivity contribution is 5.80. The molecule has 0 amide bonds. The van der Waals surface area contributed by atoms with Crippen molar-refractivity contribution in [3.63, 3.8) is 0 Å². The van der Waals surface area contributed by atoms with E-state index in [1.165, 1.54) is 6.07 Å². The minimum Gasteiger partial charge on any atom is -0.497 e. The summed E-state index contributed by atoms with van der Waals surface area (Å²) in [4.78, 5) is 12.9. The number of non-ortho nitro benzene ring substituents is 1. The summed E-state index contributed by atoms with van der Waals surface area (Å²) in [6.07, 6.45) is 3.77. The number of ether oxygens (including phenoxy) is 2. The molecule has 28 heavy (non-hydrogen) atoms. The van der Waals surface area contributed by atoms with Crippen LogP contribution in [-0.2, 0) is 6.67 Å². The highest BCUT2D eigenvalue weighted by atomic mass is 16.6. The van der Waals surface area contributed by atoms with Crippen molar-refractivity contribution in [3.05, 3.63) is 58.8 Å². The van der Waals surface area contributed by atoms with Crippen LogP contribution in [0.2, 0.25) is 0 Å². The van der Waals surface area contributed by atoms with Crippen LogP contribution in [0.5, 0.6) is 11.5 Å². The van der Waals surface area contributed by atoms with Crippen LogP contribution in [0.15, 0.2) is 48.7 Å². The highest BCUT2D eigenvalue weighted by Crippen LogP contribution is 2.24. The second kappa shape index (κ2) is 7.85. The molecular formula is C20H22N4O4. The molecule has 1 aliphatic heterocycles. The Kier molecular flexibility index (Phi) is 5.12. The van der Waals surface area contributed by atoms with Gasteiger partial charge in [-0.3, -0.25) is 19.7 Å². The number of nitrogens with zero attached hydrogens (tertiary/aromatic N) is 4. The Hall–Kier alpha value is -3.13. The molecule has 8 nitrogen and oxygen atoms in total. The third-order valence-corrected chi connectivity index (χ3v) is 5.07. The zero-order valence-corrected chi connectivity index (χ0v) is 15.7. The maximum absolute atomic E-state index is 11.0. The topological polar surface area (TPSA) is 82.7 Å². The van der Waals surface area contributed by atoms with E-state index in [1.54, 1.807) is 25.4 Å². The van der Waals surface area contributed by atoms with Gasteiger partial charge in [-0.2, -0.15) is 5.10 Å². The van der Waals surface area contributed by atoms with Crippen LogP contribution in [0.4, 0.5) is 5.69 Å². The summed E-state index contributed by atoms with van der Waals surface area (Å²) in [7, 11) is 1.65. The van der Waals surface area contributed by atoms with E-state index in [2.05, 4.69) is 10.00 Å². The quantitative estimate of drug-likeness (QED) is 0.480. The van der Waals surface area contributed by atoms with Crippen LogP contribution in [-0.4, -0.2) is 45.9 Å².